The van der Waals surface area contributed by atoms with Crippen molar-refractivity contribution in [2.24, 2.45) is 0 Å². The molecular formula is C26H27N5. The minimum atomic E-state index is 0.396. The van der Waals surface area contributed by atoms with E-state index in [1.54, 1.807) is 0 Å². The average molecular weight is 410 g/mol. The first kappa shape index (κ1) is 19.5. The Balaban J connectivity index is 1.43. The van der Waals surface area contributed by atoms with Crippen LogP contribution in [0.4, 0.5) is 11.5 Å². The molecule has 0 aliphatic carbocycles. The lowest BCUT2D eigenvalue weighted by Crippen LogP contribution is -2.52. The van der Waals surface area contributed by atoms with Crippen LogP contribution in [0, 0.1) is 6.92 Å². The minimum Gasteiger partial charge on any atom is -0.365 e. The molecule has 1 aliphatic rings. The van der Waals surface area contributed by atoms with Crippen molar-refractivity contribution in [2.45, 2.75) is 26.3 Å². The van der Waals surface area contributed by atoms with E-state index in [0.717, 1.165) is 37.6 Å². The van der Waals surface area contributed by atoms with Crippen molar-refractivity contribution in [2.75, 3.05) is 29.4 Å². The molecule has 1 atom stereocenters. The van der Waals surface area contributed by atoms with Crippen molar-refractivity contribution >= 4 is 22.3 Å². The molecule has 0 unspecified atom stereocenters. The molecule has 4 aromatic rings. The SMILES string of the molecule is Cc1cccc(N2CCN(c3nnc(Cc4ccncc4)c4ccccc34)C[C@H]2C)c1. The van der Waals surface area contributed by atoms with Gasteiger partial charge in [0, 0.05) is 61.0 Å². The third-order valence-corrected chi connectivity index (χ3v) is 6.13. The van der Waals surface area contributed by atoms with E-state index in [9.17, 15) is 0 Å². The molecule has 156 valence electrons. The Morgan fingerprint density at radius 1 is 0.903 bits per heavy atom. The van der Waals surface area contributed by atoms with Crippen LogP contribution in [0.1, 0.15) is 23.7 Å². The van der Waals surface area contributed by atoms with Gasteiger partial charge < -0.3 is 9.80 Å². The molecule has 2 aromatic carbocycles. The second kappa shape index (κ2) is 8.34. The van der Waals surface area contributed by atoms with Gasteiger partial charge in [-0.2, -0.15) is 5.10 Å². The summed E-state index contributed by atoms with van der Waals surface area (Å²) in [5.74, 6) is 0.991. The van der Waals surface area contributed by atoms with Crippen LogP contribution in [-0.2, 0) is 6.42 Å². The molecule has 1 fully saturated rings. The first-order valence-electron chi connectivity index (χ1n) is 10.9. The first-order valence-corrected chi connectivity index (χ1v) is 10.9. The number of aromatic nitrogens is 3. The molecule has 0 bridgehead atoms. The zero-order chi connectivity index (χ0) is 21.2. The molecule has 0 spiro atoms. The van der Waals surface area contributed by atoms with Gasteiger partial charge in [0.1, 0.15) is 0 Å². The van der Waals surface area contributed by atoms with Gasteiger partial charge in [0.15, 0.2) is 5.82 Å². The summed E-state index contributed by atoms with van der Waals surface area (Å²) < 4.78 is 0. The molecule has 0 saturated carbocycles. The predicted molar refractivity (Wildman–Crippen MR) is 127 cm³/mol. The van der Waals surface area contributed by atoms with Crippen LogP contribution in [0.2, 0.25) is 0 Å². The van der Waals surface area contributed by atoms with Gasteiger partial charge in [0.05, 0.1) is 5.69 Å². The van der Waals surface area contributed by atoms with Crippen molar-refractivity contribution < 1.29 is 0 Å². The molecule has 5 heteroatoms. The molecule has 1 saturated heterocycles. The molecule has 0 amide bonds. The van der Waals surface area contributed by atoms with E-state index >= 15 is 0 Å². The maximum atomic E-state index is 4.71. The number of anilines is 2. The Bertz CT molecular complexity index is 1190. The molecule has 2 aromatic heterocycles. The second-order valence-corrected chi connectivity index (χ2v) is 8.38. The van der Waals surface area contributed by atoms with Crippen LogP contribution in [0.25, 0.3) is 10.8 Å². The van der Waals surface area contributed by atoms with Gasteiger partial charge in [-0.25, -0.2) is 0 Å². The number of hydrogen-bond acceptors (Lipinski definition) is 5. The van der Waals surface area contributed by atoms with E-state index in [1.165, 1.54) is 27.6 Å². The Morgan fingerprint density at radius 2 is 1.71 bits per heavy atom. The van der Waals surface area contributed by atoms with E-state index in [1.807, 2.05) is 24.5 Å². The summed E-state index contributed by atoms with van der Waals surface area (Å²) in [5.41, 5.74) is 4.81. The molecule has 0 N–H and O–H groups in total. The standard InChI is InChI=1S/C26H27N5/c1-19-6-5-7-22(16-19)31-15-14-30(18-20(31)2)26-24-9-4-3-8-23(24)25(28-29-26)17-21-10-12-27-13-11-21/h3-13,16,20H,14-15,17-18H2,1-2H3/t20-/m1/s1. The highest BCUT2D eigenvalue weighted by atomic mass is 15.3. The van der Waals surface area contributed by atoms with Gasteiger partial charge in [-0.05, 0) is 49.2 Å². The third kappa shape index (κ3) is 3.96. The molecule has 5 nitrogen and oxygen atoms in total. The fourth-order valence-electron chi connectivity index (χ4n) is 4.54. The lowest BCUT2D eigenvalue weighted by molar-refractivity contribution is 0.546. The highest BCUT2D eigenvalue weighted by Crippen LogP contribution is 2.30. The molecule has 31 heavy (non-hydrogen) atoms. The number of piperazine rings is 1. The lowest BCUT2D eigenvalue weighted by Gasteiger charge is -2.42. The topological polar surface area (TPSA) is 45.2 Å². The van der Waals surface area contributed by atoms with E-state index in [4.69, 9.17) is 5.10 Å². The number of hydrogen-bond donors (Lipinski definition) is 0. The normalized spacial score (nSPS) is 16.6. The summed E-state index contributed by atoms with van der Waals surface area (Å²) >= 11 is 0. The van der Waals surface area contributed by atoms with Crippen LogP contribution in [0.15, 0.2) is 73.1 Å². The maximum Gasteiger partial charge on any atom is 0.159 e. The van der Waals surface area contributed by atoms with Gasteiger partial charge in [-0.3, -0.25) is 4.98 Å². The van der Waals surface area contributed by atoms with Gasteiger partial charge in [0.2, 0.25) is 0 Å². The second-order valence-electron chi connectivity index (χ2n) is 8.38. The number of rotatable bonds is 4. The summed E-state index contributed by atoms with van der Waals surface area (Å²) in [7, 11) is 0. The summed E-state index contributed by atoms with van der Waals surface area (Å²) in [6, 6.07) is 21.8. The van der Waals surface area contributed by atoms with Crippen molar-refractivity contribution in [3.8, 4) is 0 Å². The number of fused-ring (bicyclic) bond motifs is 1. The Morgan fingerprint density at radius 3 is 2.48 bits per heavy atom. The van der Waals surface area contributed by atoms with Crippen LogP contribution in [0.3, 0.4) is 0 Å². The van der Waals surface area contributed by atoms with Gasteiger partial charge in [0.25, 0.3) is 0 Å². The molecule has 0 radical (unpaired) electrons. The smallest absolute Gasteiger partial charge is 0.159 e. The highest BCUT2D eigenvalue weighted by Gasteiger charge is 2.26. The largest absolute Gasteiger partial charge is 0.365 e. The van der Waals surface area contributed by atoms with Crippen molar-refractivity contribution in [1.82, 2.24) is 15.2 Å². The van der Waals surface area contributed by atoms with Crippen molar-refractivity contribution in [3.05, 3.63) is 89.9 Å². The number of benzene rings is 2. The minimum absolute atomic E-state index is 0.396. The van der Waals surface area contributed by atoms with Gasteiger partial charge in [-0.1, -0.05) is 36.4 Å². The number of nitrogens with zero attached hydrogens (tertiary/aromatic N) is 5. The van der Waals surface area contributed by atoms with Crippen molar-refractivity contribution in [3.63, 3.8) is 0 Å². The quantitative estimate of drug-likeness (QED) is 0.491. The first-order chi connectivity index (χ1) is 15.2. The van der Waals surface area contributed by atoms with Crippen LogP contribution in [-0.4, -0.2) is 40.9 Å². The fraction of sp³-hybridized carbons (Fsp3) is 0.269. The summed E-state index contributed by atoms with van der Waals surface area (Å²) in [6.45, 7) is 7.28. The summed E-state index contributed by atoms with van der Waals surface area (Å²) in [4.78, 5) is 9.01. The highest BCUT2D eigenvalue weighted by molar-refractivity contribution is 5.93. The van der Waals surface area contributed by atoms with Crippen LogP contribution < -0.4 is 9.80 Å². The molecular weight excluding hydrogens is 382 g/mol. The average Bonchev–Trinajstić information content (AvgIpc) is 2.80. The van der Waals surface area contributed by atoms with Crippen LogP contribution in [0.5, 0.6) is 0 Å². The fourth-order valence-corrected chi connectivity index (χ4v) is 4.54. The van der Waals surface area contributed by atoms with Gasteiger partial charge in [-0.15, -0.1) is 5.10 Å². The predicted octanol–water partition coefficient (Wildman–Crippen LogP) is 4.64. The number of pyridine rings is 1. The van der Waals surface area contributed by atoms with E-state index in [0.29, 0.717) is 6.04 Å². The maximum absolute atomic E-state index is 4.71. The summed E-state index contributed by atoms with van der Waals surface area (Å²) in [5, 5.41) is 11.7. The molecule has 5 rings (SSSR count). The lowest BCUT2D eigenvalue weighted by atomic mass is 10.0. The Labute approximate surface area is 183 Å². The van der Waals surface area contributed by atoms with Crippen LogP contribution >= 0.6 is 0 Å². The monoisotopic (exact) mass is 409 g/mol. The van der Waals surface area contributed by atoms with Gasteiger partial charge >= 0.3 is 0 Å². The zero-order valence-electron chi connectivity index (χ0n) is 18.1. The van der Waals surface area contributed by atoms with Crippen molar-refractivity contribution in [1.29, 1.82) is 0 Å². The Kier molecular flexibility index (Phi) is 5.24. The zero-order valence-corrected chi connectivity index (χ0v) is 18.1. The van der Waals surface area contributed by atoms with E-state index < -0.39 is 0 Å². The summed E-state index contributed by atoms with van der Waals surface area (Å²) in [6.07, 6.45) is 4.41. The third-order valence-electron chi connectivity index (χ3n) is 6.13. The molecule has 1 aliphatic heterocycles. The van der Waals surface area contributed by atoms with E-state index in [2.05, 4.69) is 82.3 Å². The van der Waals surface area contributed by atoms with E-state index in [-0.39, 0.29) is 0 Å². The number of aryl methyl sites for hydroxylation is 1. The Hall–Kier alpha value is -3.47. The molecule has 3 heterocycles.